The first-order valence-corrected chi connectivity index (χ1v) is 5.47. The lowest BCUT2D eigenvalue weighted by Crippen LogP contribution is -1.96. The summed E-state index contributed by atoms with van der Waals surface area (Å²) in [5, 5.41) is 3.63. The molecule has 0 unspecified atom stereocenters. The first kappa shape index (κ1) is 10.7. The molecule has 0 aliphatic rings. The molecule has 0 aliphatic heterocycles. The first-order chi connectivity index (χ1) is 8.79. The summed E-state index contributed by atoms with van der Waals surface area (Å²) in [7, 11) is 1.75. The zero-order chi connectivity index (χ0) is 12.5. The minimum absolute atomic E-state index is 0.236. The summed E-state index contributed by atoms with van der Waals surface area (Å²) in [6, 6.07) is 6.56. The van der Waals surface area contributed by atoms with Crippen molar-refractivity contribution in [3.05, 3.63) is 42.5 Å². The van der Waals surface area contributed by atoms with Crippen LogP contribution in [-0.4, -0.2) is 17.0 Å². The molecule has 0 aliphatic carbocycles. The fraction of sp³-hybridized carbons (Fsp3) is 0.0769. The summed E-state index contributed by atoms with van der Waals surface area (Å²) in [6.45, 7) is 0. The summed E-state index contributed by atoms with van der Waals surface area (Å²) in [5.74, 6) is 0.707. The zero-order valence-corrected chi connectivity index (χ0v) is 9.64. The third-order valence-electron chi connectivity index (χ3n) is 2.66. The highest BCUT2D eigenvalue weighted by molar-refractivity contribution is 5.84. The lowest BCUT2D eigenvalue weighted by atomic mass is 10.2. The van der Waals surface area contributed by atoms with E-state index in [9.17, 15) is 4.39 Å². The second-order valence-electron chi connectivity index (χ2n) is 3.77. The minimum atomic E-state index is -0.381. The molecule has 5 heteroatoms. The molecule has 1 N–H and O–H groups in total. The third-order valence-corrected chi connectivity index (χ3v) is 2.66. The van der Waals surface area contributed by atoms with Crippen LogP contribution in [0.5, 0.6) is 0 Å². The molecule has 0 radical (unpaired) electrons. The van der Waals surface area contributed by atoms with E-state index in [4.69, 9.17) is 4.42 Å². The molecular weight excluding hydrogens is 233 g/mol. The van der Waals surface area contributed by atoms with E-state index in [2.05, 4.69) is 15.3 Å². The maximum atomic E-state index is 13.6. The van der Waals surface area contributed by atoms with Gasteiger partial charge in [-0.2, -0.15) is 0 Å². The number of benzene rings is 1. The molecule has 2 heterocycles. The number of aromatic nitrogens is 2. The molecule has 0 amide bonds. The molecular formula is C13H10FN3O. The summed E-state index contributed by atoms with van der Waals surface area (Å²) >= 11 is 0. The van der Waals surface area contributed by atoms with Gasteiger partial charge in [-0.15, -0.1) is 0 Å². The third kappa shape index (κ3) is 1.60. The van der Waals surface area contributed by atoms with Crippen LogP contribution in [0.1, 0.15) is 0 Å². The van der Waals surface area contributed by atoms with Gasteiger partial charge in [0, 0.05) is 24.8 Å². The molecule has 0 saturated heterocycles. The Bertz CT molecular complexity index is 708. The lowest BCUT2D eigenvalue weighted by molar-refractivity contribution is 0.567. The summed E-state index contributed by atoms with van der Waals surface area (Å²) in [5.41, 5.74) is 0.802. The maximum absolute atomic E-state index is 13.6. The molecule has 2 aromatic heterocycles. The van der Waals surface area contributed by atoms with E-state index in [1.54, 1.807) is 37.6 Å². The normalized spacial score (nSPS) is 10.8. The van der Waals surface area contributed by atoms with Gasteiger partial charge in [0.2, 0.25) is 0 Å². The molecule has 90 valence electrons. The predicted molar refractivity (Wildman–Crippen MR) is 66.7 cm³/mol. The van der Waals surface area contributed by atoms with Crippen molar-refractivity contribution in [2.24, 2.45) is 0 Å². The Labute approximate surface area is 102 Å². The highest BCUT2D eigenvalue weighted by atomic mass is 19.1. The molecule has 0 saturated carbocycles. The first-order valence-electron chi connectivity index (χ1n) is 5.47. The van der Waals surface area contributed by atoms with Gasteiger partial charge in [-0.1, -0.05) is 12.1 Å². The Morgan fingerprint density at radius 2 is 2.06 bits per heavy atom. The van der Waals surface area contributed by atoms with Crippen molar-refractivity contribution in [2.45, 2.75) is 0 Å². The van der Waals surface area contributed by atoms with Gasteiger partial charge in [-0.05, 0) is 12.1 Å². The van der Waals surface area contributed by atoms with Crippen molar-refractivity contribution in [1.82, 2.24) is 9.97 Å². The van der Waals surface area contributed by atoms with Gasteiger partial charge in [0.25, 0.3) is 0 Å². The van der Waals surface area contributed by atoms with E-state index in [-0.39, 0.29) is 11.4 Å². The second-order valence-corrected chi connectivity index (χ2v) is 3.77. The fourth-order valence-corrected chi connectivity index (χ4v) is 1.85. The lowest BCUT2D eigenvalue weighted by Gasteiger charge is -2.02. The van der Waals surface area contributed by atoms with E-state index >= 15 is 0 Å². The molecule has 4 nitrogen and oxygen atoms in total. The fourth-order valence-electron chi connectivity index (χ4n) is 1.85. The average molecular weight is 243 g/mol. The van der Waals surface area contributed by atoms with Crippen LogP contribution in [0.4, 0.5) is 10.2 Å². The van der Waals surface area contributed by atoms with Crippen LogP contribution in [-0.2, 0) is 0 Å². The van der Waals surface area contributed by atoms with Gasteiger partial charge < -0.3 is 9.73 Å². The van der Waals surface area contributed by atoms with Crippen LogP contribution in [0.3, 0.4) is 0 Å². The molecule has 0 bridgehead atoms. The maximum Gasteiger partial charge on any atom is 0.170 e. The zero-order valence-electron chi connectivity index (χ0n) is 9.64. The van der Waals surface area contributed by atoms with E-state index < -0.39 is 0 Å². The molecule has 18 heavy (non-hydrogen) atoms. The molecule has 0 atom stereocenters. The molecule has 3 rings (SSSR count). The summed E-state index contributed by atoms with van der Waals surface area (Å²) in [6.07, 6.45) is 3.15. The van der Waals surface area contributed by atoms with Gasteiger partial charge in [0.15, 0.2) is 23.0 Å². The van der Waals surface area contributed by atoms with E-state index in [1.165, 1.54) is 6.07 Å². The SMILES string of the molecule is CNc1nccnc1-c1cc2cccc(F)c2o1. The topological polar surface area (TPSA) is 51.0 Å². The number of nitrogens with zero attached hydrogens (tertiary/aromatic N) is 2. The van der Waals surface area contributed by atoms with Crippen LogP contribution < -0.4 is 5.32 Å². The van der Waals surface area contributed by atoms with Gasteiger partial charge >= 0.3 is 0 Å². The molecule has 3 aromatic rings. The highest BCUT2D eigenvalue weighted by Gasteiger charge is 2.13. The van der Waals surface area contributed by atoms with Gasteiger partial charge in [0.05, 0.1) is 0 Å². The smallest absolute Gasteiger partial charge is 0.170 e. The van der Waals surface area contributed by atoms with Crippen molar-refractivity contribution < 1.29 is 8.81 Å². The molecule has 0 spiro atoms. The predicted octanol–water partition coefficient (Wildman–Crippen LogP) is 3.07. The minimum Gasteiger partial charge on any atom is -0.451 e. The Balaban J connectivity index is 2.23. The Hall–Kier alpha value is -2.43. The van der Waals surface area contributed by atoms with Crippen LogP contribution in [0.25, 0.3) is 22.4 Å². The van der Waals surface area contributed by atoms with Crippen molar-refractivity contribution in [1.29, 1.82) is 0 Å². The number of rotatable bonds is 2. The van der Waals surface area contributed by atoms with Gasteiger partial charge in [-0.25, -0.2) is 14.4 Å². The second kappa shape index (κ2) is 4.10. The summed E-state index contributed by atoms with van der Waals surface area (Å²) < 4.78 is 19.1. The number of furan rings is 1. The molecule has 1 aromatic carbocycles. The van der Waals surface area contributed by atoms with Gasteiger partial charge in [-0.3, -0.25) is 0 Å². The van der Waals surface area contributed by atoms with Crippen LogP contribution >= 0.6 is 0 Å². The van der Waals surface area contributed by atoms with Crippen LogP contribution in [0.15, 0.2) is 41.1 Å². The van der Waals surface area contributed by atoms with E-state index in [0.29, 0.717) is 22.7 Å². The number of halogens is 1. The summed E-state index contributed by atoms with van der Waals surface area (Å²) in [4.78, 5) is 8.34. The van der Waals surface area contributed by atoms with Crippen molar-refractivity contribution in [3.8, 4) is 11.5 Å². The Morgan fingerprint density at radius 1 is 1.22 bits per heavy atom. The highest BCUT2D eigenvalue weighted by Crippen LogP contribution is 2.30. The van der Waals surface area contributed by atoms with Crippen molar-refractivity contribution in [2.75, 3.05) is 12.4 Å². The monoisotopic (exact) mass is 243 g/mol. The van der Waals surface area contributed by atoms with E-state index in [0.717, 1.165) is 0 Å². The number of hydrogen-bond acceptors (Lipinski definition) is 4. The number of para-hydroxylation sites is 1. The van der Waals surface area contributed by atoms with Crippen LogP contribution in [0.2, 0.25) is 0 Å². The van der Waals surface area contributed by atoms with Crippen molar-refractivity contribution in [3.63, 3.8) is 0 Å². The Morgan fingerprint density at radius 3 is 2.83 bits per heavy atom. The standard InChI is InChI=1S/C13H10FN3O/c1-15-13-11(16-5-6-17-13)10-7-8-3-2-4-9(14)12(8)18-10/h2-7H,1H3,(H,15,17). The largest absolute Gasteiger partial charge is 0.451 e. The number of hydrogen-bond donors (Lipinski definition) is 1. The molecule has 0 fully saturated rings. The average Bonchev–Trinajstić information content (AvgIpc) is 2.84. The number of fused-ring (bicyclic) bond motifs is 1. The van der Waals surface area contributed by atoms with E-state index in [1.807, 2.05) is 0 Å². The van der Waals surface area contributed by atoms with Gasteiger partial charge in [0.1, 0.15) is 5.69 Å². The van der Waals surface area contributed by atoms with Crippen molar-refractivity contribution >= 4 is 16.8 Å². The quantitative estimate of drug-likeness (QED) is 0.751. The number of anilines is 1. The Kier molecular flexibility index (Phi) is 2.44. The van der Waals surface area contributed by atoms with Crippen LogP contribution in [0, 0.1) is 5.82 Å². The number of nitrogens with one attached hydrogen (secondary N) is 1.